The van der Waals surface area contributed by atoms with E-state index in [9.17, 15) is 9.59 Å². The van der Waals surface area contributed by atoms with Gasteiger partial charge in [0.2, 0.25) is 0 Å². The summed E-state index contributed by atoms with van der Waals surface area (Å²) >= 11 is 5.16. The van der Waals surface area contributed by atoms with Crippen LogP contribution in [0.1, 0.15) is 7.85 Å². The predicted molar refractivity (Wildman–Crippen MR) is 35.2 cm³/mol. The third-order valence-electron chi connectivity index (χ3n) is 0.957. The van der Waals surface area contributed by atoms with Crippen LogP contribution in [0.25, 0.3) is 0 Å². The minimum absolute atomic E-state index is 0. The van der Waals surface area contributed by atoms with Crippen LogP contribution in [0.2, 0.25) is 0 Å². The summed E-state index contributed by atoms with van der Waals surface area (Å²) in [6.07, 6.45) is -0.418. The summed E-state index contributed by atoms with van der Waals surface area (Å²) < 4.78 is 0. The molecule has 0 fully saturated rings. The van der Waals surface area contributed by atoms with Crippen LogP contribution >= 0.6 is 11.6 Å². The number of alkyl halides is 1. The molecule has 0 amide bonds. The molecule has 0 aliphatic rings. The second kappa shape index (κ2) is 6.91. The van der Waals surface area contributed by atoms with Crippen LogP contribution in [-0.2, 0) is 9.59 Å². The molecule has 6 heteroatoms. The normalized spacial score (nSPS) is 11.4. The van der Waals surface area contributed by atoms with Crippen molar-refractivity contribution in [1.82, 2.24) is 0 Å². The van der Waals surface area contributed by atoms with Crippen LogP contribution in [0.4, 0.5) is 0 Å². The molecule has 0 radical (unpaired) electrons. The fraction of sp³-hybridized carbons (Fsp3) is 0.600. The van der Waals surface area contributed by atoms with Gasteiger partial charge in [0.1, 0.15) is 0 Å². The average Bonchev–Trinajstić information content (AvgIpc) is 1.81. The minimum Gasteiger partial charge on any atom is -1.00 e. The molecular weight excluding hydrogens is 182 g/mol. The van der Waals surface area contributed by atoms with Crippen molar-refractivity contribution < 1.29 is 50.8 Å². The van der Waals surface area contributed by atoms with Gasteiger partial charge >= 0.3 is 41.5 Å². The van der Waals surface area contributed by atoms with Crippen LogP contribution in [-0.4, -0.2) is 28.0 Å². The Balaban J connectivity index is -0.000000405. The van der Waals surface area contributed by atoms with Gasteiger partial charge in [-0.3, -0.25) is 9.59 Å². The molecular formula is C5H8ClNaO4. The fourth-order valence-electron chi connectivity index (χ4n) is 0.419. The SMILES string of the molecule is O=C(O)CC(CCl)C(=O)O.[H-].[Na+]. The van der Waals surface area contributed by atoms with E-state index in [0.717, 1.165) is 0 Å². The fourth-order valence-corrected chi connectivity index (χ4v) is 0.660. The van der Waals surface area contributed by atoms with Gasteiger partial charge < -0.3 is 11.6 Å². The van der Waals surface area contributed by atoms with Crippen molar-refractivity contribution in [2.24, 2.45) is 5.92 Å². The second-order valence-corrected chi connectivity index (χ2v) is 2.10. The molecule has 0 heterocycles. The second-order valence-electron chi connectivity index (χ2n) is 1.79. The van der Waals surface area contributed by atoms with Crippen molar-refractivity contribution in [2.45, 2.75) is 6.42 Å². The smallest absolute Gasteiger partial charge is 1.00 e. The summed E-state index contributed by atoms with van der Waals surface area (Å²) in [7, 11) is 0. The zero-order valence-corrected chi connectivity index (χ0v) is 8.84. The summed E-state index contributed by atoms with van der Waals surface area (Å²) in [5.41, 5.74) is 0. The zero-order valence-electron chi connectivity index (χ0n) is 7.08. The molecule has 0 saturated heterocycles. The number of halogens is 1. The average molecular weight is 191 g/mol. The summed E-state index contributed by atoms with van der Waals surface area (Å²) in [5, 5.41) is 16.4. The molecule has 11 heavy (non-hydrogen) atoms. The van der Waals surface area contributed by atoms with E-state index in [2.05, 4.69) is 0 Å². The van der Waals surface area contributed by atoms with Crippen LogP contribution in [0.15, 0.2) is 0 Å². The molecule has 4 nitrogen and oxygen atoms in total. The molecule has 0 aromatic carbocycles. The number of hydrogen-bond donors (Lipinski definition) is 2. The largest absolute Gasteiger partial charge is 1.00 e. The first-order chi connectivity index (χ1) is 4.57. The van der Waals surface area contributed by atoms with Crippen molar-refractivity contribution in [3.05, 3.63) is 0 Å². The van der Waals surface area contributed by atoms with Crippen molar-refractivity contribution in [2.75, 3.05) is 5.88 Å². The Bertz CT molecular complexity index is 154. The monoisotopic (exact) mass is 190 g/mol. The first-order valence-corrected chi connectivity index (χ1v) is 3.12. The van der Waals surface area contributed by atoms with Gasteiger partial charge in [-0.15, -0.1) is 11.6 Å². The minimum atomic E-state index is -1.17. The van der Waals surface area contributed by atoms with Crippen molar-refractivity contribution in [1.29, 1.82) is 0 Å². The first kappa shape index (κ1) is 13.8. The number of hydrogen-bond acceptors (Lipinski definition) is 2. The quantitative estimate of drug-likeness (QED) is 0.380. The van der Waals surface area contributed by atoms with Crippen molar-refractivity contribution >= 4 is 23.5 Å². The Morgan fingerprint density at radius 1 is 1.45 bits per heavy atom. The van der Waals surface area contributed by atoms with Crippen LogP contribution in [0, 0.1) is 5.92 Å². The molecule has 0 spiro atoms. The summed E-state index contributed by atoms with van der Waals surface area (Å²) in [5.74, 6) is -3.45. The molecule has 0 bridgehead atoms. The molecule has 60 valence electrons. The number of carboxylic acids is 2. The van der Waals surface area contributed by atoms with E-state index < -0.39 is 24.3 Å². The Morgan fingerprint density at radius 2 is 1.91 bits per heavy atom. The molecule has 1 atom stereocenters. The van der Waals surface area contributed by atoms with Gasteiger partial charge in [0.05, 0.1) is 12.3 Å². The molecule has 1 unspecified atom stereocenters. The maximum absolute atomic E-state index is 10.1. The zero-order chi connectivity index (χ0) is 8.15. The van der Waals surface area contributed by atoms with E-state index in [1.54, 1.807) is 0 Å². The van der Waals surface area contributed by atoms with E-state index in [1.165, 1.54) is 0 Å². The Labute approximate surface area is 92.3 Å². The van der Waals surface area contributed by atoms with E-state index in [4.69, 9.17) is 21.8 Å². The Hall–Kier alpha value is 0.230. The first-order valence-electron chi connectivity index (χ1n) is 2.58. The van der Waals surface area contributed by atoms with Gasteiger partial charge in [0.15, 0.2) is 0 Å². The van der Waals surface area contributed by atoms with E-state index in [0.29, 0.717) is 0 Å². The van der Waals surface area contributed by atoms with Gasteiger partial charge in [-0.2, -0.15) is 0 Å². The van der Waals surface area contributed by atoms with Crippen molar-refractivity contribution in [3.8, 4) is 0 Å². The Kier molecular flexibility index (Phi) is 8.67. The maximum Gasteiger partial charge on any atom is 1.00 e. The molecule has 0 aromatic heterocycles. The number of rotatable bonds is 4. The molecule has 0 saturated carbocycles. The van der Waals surface area contributed by atoms with Crippen molar-refractivity contribution in [3.63, 3.8) is 0 Å². The van der Waals surface area contributed by atoms with Crippen LogP contribution in [0.3, 0.4) is 0 Å². The number of aliphatic carboxylic acids is 2. The molecule has 2 N–H and O–H groups in total. The summed E-state index contributed by atoms with van der Waals surface area (Å²) in [6.45, 7) is 0. The van der Waals surface area contributed by atoms with Crippen LogP contribution < -0.4 is 29.6 Å². The van der Waals surface area contributed by atoms with Gasteiger partial charge in [-0.05, 0) is 0 Å². The van der Waals surface area contributed by atoms with E-state index >= 15 is 0 Å². The topological polar surface area (TPSA) is 74.6 Å². The standard InChI is InChI=1S/C5H7ClO4.Na.H/c6-2-3(5(9)10)1-4(7)8;;/h3H,1-2H2,(H,7,8)(H,9,10);;/q;+1;-1. The third kappa shape index (κ3) is 6.62. The summed E-state index contributed by atoms with van der Waals surface area (Å²) in [6, 6.07) is 0. The van der Waals surface area contributed by atoms with Gasteiger partial charge in [0, 0.05) is 5.88 Å². The number of carboxylic acid groups (broad SMARTS) is 2. The van der Waals surface area contributed by atoms with E-state index in [1.807, 2.05) is 0 Å². The van der Waals surface area contributed by atoms with Gasteiger partial charge in [-0.25, -0.2) is 0 Å². The molecule has 0 rings (SSSR count). The third-order valence-corrected chi connectivity index (χ3v) is 1.33. The summed E-state index contributed by atoms with van der Waals surface area (Å²) in [4.78, 5) is 20.1. The van der Waals surface area contributed by atoms with Gasteiger partial charge in [0.25, 0.3) is 0 Å². The number of carbonyl (C=O) groups is 2. The molecule has 0 aliphatic heterocycles. The van der Waals surface area contributed by atoms with Gasteiger partial charge in [-0.1, -0.05) is 0 Å². The molecule has 0 aromatic rings. The van der Waals surface area contributed by atoms with E-state index in [-0.39, 0.29) is 36.9 Å². The Morgan fingerprint density at radius 3 is 2.00 bits per heavy atom. The predicted octanol–water partition coefficient (Wildman–Crippen LogP) is -2.48. The molecule has 0 aliphatic carbocycles. The van der Waals surface area contributed by atoms with Crippen LogP contribution in [0.5, 0.6) is 0 Å². The maximum atomic E-state index is 10.1.